The average Bonchev–Trinajstić information content (AvgIpc) is 3.17. The molecule has 0 fully saturated rings. The zero-order valence-electron chi connectivity index (χ0n) is 12.8. The van der Waals surface area contributed by atoms with Crippen molar-refractivity contribution in [2.45, 2.75) is 32.7 Å². The molecule has 0 saturated heterocycles. The second kappa shape index (κ2) is 6.54. The van der Waals surface area contributed by atoms with E-state index in [-0.39, 0.29) is 6.04 Å². The van der Waals surface area contributed by atoms with E-state index in [1.54, 1.807) is 11.3 Å². The molecule has 0 aliphatic rings. The summed E-state index contributed by atoms with van der Waals surface area (Å²) in [4.78, 5) is 9.24. The predicted molar refractivity (Wildman–Crippen MR) is 93.6 cm³/mol. The first-order chi connectivity index (χ1) is 10.6. The molecule has 0 spiro atoms. The fourth-order valence-corrected chi connectivity index (χ4v) is 3.62. The van der Waals surface area contributed by atoms with E-state index in [2.05, 4.69) is 45.8 Å². The van der Waals surface area contributed by atoms with Gasteiger partial charge in [-0.15, -0.1) is 11.3 Å². The van der Waals surface area contributed by atoms with Crippen molar-refractivity contribution in [2.75, 3.05) is 5.32 Å². The first-order valence-electron chi connectivity index (χ1n) is 7.24. The van der Waals surface area contributed by atoms with Crippen LogP contribution in [-0.2, 0) is 0 Å². The molecule has 22 heavy (non-hydrogen) atoms. The van der Waals surface area contributed by atoms with Gasteiger partial charge >= 0.3 is 0 Å². The normalized spacial score (nSPS) is 12.5. The summed E-state index contributed by atoms with van der Waals surface area (Å²) >= 11 is 3.10. The highest BCUT2D eigenvalue weighted by atomic mass is 32.1. The molecule has 4 nitrogen and oxygen atoms in total. The van der Waals surface area contributed by atoms with Gasteiger partial charge in [0.15, 0.2) is 5.82 Å². The number of thiazole rings is 1. The number of hydrogen-bond acceptors (Lipinski definition) is 6. The molecule has 0 radical (unpaired) electrons. The molecular formula is C16H18N4S2. The molecule has 3 aromatic rings. The van der Waals surface area contributed by atoms with Gasteiger partial charge in [0.1, 0.15) is 0 Å². The van der Waals surface area contributed by atoms with Gasteiger partial charge in [-0.05, 0) is 6.92 Å². The van der Waals surface area contributed by atoms with Crippen molar-refractivity contribution >= 4 is 28.0 Å². The lowest BCUT2D eigenvalue weighted by Gasteiger charge is -2.09. The monoisotopic (exact) mass is 330 g/mol. The predicted octanol–water partition coefficient (Wildman–Crippen LogP) is 4.96. The third-order valence-electron chi connectivity index (χ3n) is 3.28. The Morgan fingerprint density at radius 2 is 1.82 bits per heavy atom. The van der Waals surface area contributed by atoms with Gasteiger partial charge in [0.25, 0.3) is 0 Å². The molecule has 0 saturated carbocycles. The van der Waals surface area contributed by atoms with Crippen molar-refractivity contribution in [1.29, 1.82) is 0 Å². The number of anilines is 1. The van der Waals surface area contributed by atoms with Crippen LogP contribution in [0.15, 0.2) is 35.7 Å². The van der Waals surface area contributed by atoms with Crippen molar-refractivity contribution in [3.05, 3.63) is 46.4 Å². The SMILES string of the molecule is CC(C)c1nc(C(C)Nc2nc(-c3ccccc3)ns2)cs1. The summed E-state index contributed by atoms with van der Waals surface area (Å²) in [5.74, 6) is 1.23. The zero-order chi connectivity index (χ0) is 15.5. The minimum Gasteiger partial charge on any atom is -0.352 e. The topological polar surface area (TPSA) is 50.7 Å². The van der Waals surface area contributed by atoms with E-state index < -0.39 is 0 Å². The molecule has 1 unspecified atom stereocenters. The first kappa shape index (κ1) is 15.1. The van der Waals surface area contributed by atoms with Gasteiger partial charge in [-0.25, -0.2) is 4.98 Å². The largest absolute Gasteiger partial charge is 0.352 e. The average molecular weight is 330 g/mol. The Bertz CT molecular complexity index is 733. The Kier molecular flexibility index (Phi) is 4.49. The van der Waals surface area contributed by atoms with Crippen LogP contribution in [0.3, 0.4) is 0 Å². The summed E-state index contributed by atoms with van der Waals surface area (Å²) in [5.41, 5.74) is 2.10. The zero-order valence-corrected chi connectivity index (χ0v) is 14.4. The van der Waals surface area contributed by atoms with Crippen molar-refractivity contribution in [3.8, 4) is 11.4 Å². The maximum Gasteiger partial charge on any atom is 0.203 e. The van der Waals surface area contributed by atoms with Crippen LogP contribution in [0.2, 0.25) is 0 Å². The van der Waals surface area contributed by atoms with Gasteiger partial charge in [0, 0.05) is 28.4 Å². The molecule has 3 rings (SSSR count). The molecule has 0 aliphatic heterocycles. The molecule has 114 valence electrons. The highest BCUT2D eigenvalue weighted by Gasteiger charge is 2.14. The Labute approximate surface area is 138 Å². The fraction of sp³-hybridized carbons (Fsp3) is 0.312. The van der Waals surface area contributed by atoms with Gasteiger partial charge < -0.3 is 5.32 Å². The summed E-state index contributed by atoms with van der Waals surface area (Å²) in [7, 11) is 0. The minimum atomic E-state index is 0.125. The smallest absolute Gasteiger partial charge is 0.203 e. The van der Waals surface area contributed by atoms with Crippen LogP contribution < -0.4 is 5.32 Å². The van der Waals surface area contributed by atoms with E-state index in [0.717, 1.165) is 22.2 Å². The van der Waals surface area contributed by atoms with Crippen LogP contribution >= 0.6 is 22.9 Å². The summed E-state index contributed by atoms with van der Waals surface area (Å²) in [6, 6.07) is 10.1. The van der Waals surface area contributed by atoms with E-state index in [1.165, 1.54) is 16.5 Å². The number of nitrogens with zero attached hydrogens (tertiary/aromatic N) is 3. The number of benzene rings is 1. The minimum absolute atomic E-state index is 0.125. The molecule has 0 bridgehead atoms. The molecule has 2 aromatic heterocycles. The van der Waals surface area contributed by atoms with Crippen LogP contribution in [-0.4, -0.2) is 14.3 Å². The highest BCUT2D eigenvalue weighted by molar-refractivity contribution is 7.10. The fourth-order valence-electron chi connectivity index (χ4n) is 2.01. The summed E-state index contributed by atoms with van der Waals surface area (Å²) in [6.45, 7) is 6.43. The Morgan fingerprint density at radius 1 is 1.05 bits per heavy atom. The molecule has 1 N–H and O–H groups in total. The van der Waals surface area contributed by atoms with Crippen LogP contribution in [0.1, 0.15) is 43.4 Å². The standard InChI is InChI=1S/C16H18N4S2/c1-10(2)15-18-13(9-21-15)11(3)17-16-19-14(20-22-16)12-7-5-4-6-8-12/h4-11H,1-3H3,(H,17,19,20). The highest BCUT2D eigenvalue weighted by Crippen LogP contribution is 2.27. The van der Waals surface area contributed by atoms with Crippen molar-refractivity contribution < 1.29 is 0 Å². The maximum atomic E-state index is 4.68. The third kappa shape index (κ3) is 3.34. The van der Waals surface area contributed by atoms with Crippen molar-refractivity contribution in [3.63, 3.8) is 0 Å². The van der Waals surface area contributed by atoms with Crippen molar-refractivity contribution in [2.24, 2.45) is 0 Å². The number of rotatable bonds is 5. The number of nitrogens with one attached hydrogen (secondary N) is 1. The van der Waals surface area contributed by atoms with Crippen molar-refractivity contribution in [1.82, 2.24) is 14.3 Å². The van der Waals surface area contributed by atoms with Crippen LogP contribution in [0.5, 0.6) is 0 Å². The molecule has 6 heteroatoms. The molecule has 1 atom stereocenters. The second-order valence-electron chi connectivity index (χ2n) is 5.42. The van der Waals surface area contributed by atoms with Gasteiger partial charge in [-0.3, -0.25) is 0 Å². The number of aromatic nitrogens is 3. The lowest BCUT2D eigenvalue weighted by Crippen LogP contribution is -2.07. The maximum absolute atomic E-state index is 4.68. The van der Waals surface area contributed by atoms with E-state index >= 15 is 0 Å². The molecule has 2 heterocycles. The van der Waals surface area contributed by atoms with E-state index in [9.17, 15) is 0 Å². The van der Waals surface area contributed by atoms with Crippen LogP contribution in [0.4, 0.5) is 5.13 Å². The van der Waals surface area contributed by atoms with Gasteiger partial charge in [0.2, 0.25) is 5.13 Å². The summed E-state index contributed by atoms with van der Waals surface area (Å²) in [6.07, 6.45) is 0. The first-order valence-corrected chi connectivity index (χ1v) is 8.90. The van der Waals surface area contributed by atoms with Gasteiger partial charge in [-0.1, -0.05) is 44.2 Å². The lowest BCUT2D eigenvalue weighted by atomic mass is 10.2. The summed E-state index contributed by atoms with van der Waals surface area (Å²) < 4.78 is 4.42. The van der Waals surface area contributed by atoms with E-state index in [1.807, 2.05) is 30.3 Å². The van der Waals surface area contributed by atoms with Gasteiger partial charge in [0.05, 0.1) is 16.7 Å². The molecule has 1 aromatic carbocycles. The van der Waals surface area contributed by atoms with Crippen LogP contribution in [0.25, 0.3) is 11.4 Å². The van der Waals surface area contributed by atoms with E-state index in [0.29, 0.717) is 5.92 Å². The number of hydrogen-bond donors (Lipinski definition) is 1. The third-order valence-corrected chi connectivity index (χ3v) is 5.09. The molecule has 0 aliphatic carbocycles. The summed E-state index contributed by atoms with van der Waals surface area (Å²) in [5, 5.41) is 7.50. The second-order valence-corrected chi connectivity index (χ2v) is 7.06. The Hall–Kier alpha value is -1.79. The van der Waals surface area contributed by atoms with Crippen LogP contribution in [0, 0.1) is 0 Å². The van der Waals surface area contributed by atoms with Gasteiger partial charge in [-0.2, -0.15) is 9.36 Å². The Morgan fingerprint density at radius 3 is 2.50 bits per heavy atom. The quantitative estimate of drug-likeness (QED) is 0.718. The molecule has 0 amide bonds. The lowest BCUT2D eigenvalue weighted by molar-refractivity contribution is 0.801. The molecular weight excluding hydrogens is 312 g/mol. The Balaban J connectivity index is 1.71. The van der Waals surface area contributed by atoms with E-state index in [4.69, 9.17) is 0 Å².